The second-order valence-electron chi connectivity index (χ2n) is 8.30. The Hall–Kier alpha value is -2.33. The fourth-order valence-corrected chi connectivity index (χ4v) is 5.16. The van der Waals surface area contributed by atoms with Gasteiger partial charge in [0.15, 0.2) is 0 Å². The lowest BCUT2D eigenvalue weighted by atomic mass is 10.0. The third-order valence-corrected chi connectivity index (χ3v) is 7.49. The summed E-state index contributed by atoms with van der Waals surface area (Å²) < 4.78 is 39.8. The van der Waals surface area contributed by atoms with Crippen LogP contribution in [0.15, 0.2) is 47.4 Å². The molecule has 180 valence electrons. The maximum atomic E-state index is 13.2. The van der Waals surface area contributed by atoms with E-state index >= 15 is 0 Å². The van der Waals surface area contributed by atoms with E-state index in [0.29, 0.717) is 31.0 Å². The molecule has 3 rings (SSSR count). The van der Waals surface area contributed by atoms with E-state index in [4.69, 9.17) is 21.1 Å². The molecule has 1 aliphatic heterocycles. The second-order valence-corrected chi connectivity index (χ2v) is 10.4. The van der Waals surface area contributed by atoms with Crippen LogP contribution in [-0.2, 0) is 14.8 Å². The van der Waals surface area contributed by atoms with Gasteiger partial charge in [-0.15, -0.1) is 0 Å². The van der Waals surface area contributed by atoms with Crippen molar-refractivity contribution in [1.82, 2.24) is 10.2 Å². The normalized spacial score (nSPS) is 22.5. The summed E-state index contributed by atoms with van der Waals surface area (Å²) in [4.78, 5) is 14.7. The maximum Gasteiger partial charge on any atom is 0.263 e. The number of likely N-dealkylation sites (N-methyl/N-ethyl adjacent to an activating group) is 1. The fraction of sp³-hybridized carbons (Fsp3) is 0.435. The molecular weight excluding hydrogens is 466 g/mol. The van der Waals surface area contributed by atoms with Gasteiger partial charge in [0.1, 0.15) is 17.3 Å². The summed E-state index contributed by atoms with van der Waals surface area (Å²) in [5, 5.41) is 3.53. The van der Waals surface area contributed by atoms with Crippen LogP contribution in [0.5, 0.6) is 5.75 Å². The summed E-state index contributed by atoms with van der Waals surface area (Å²) in [6.45, 7) is 5.47. The third kappa shape index (κ3) is 6.17. The van der Waals surface area contributed by atoms with Crippen LogP contribution in [0.4, 0.5) is 5.69 Å². The van der Waals surface area contributed by atoms with Crippen molar-refractivity contribution in [3.05, 3.63) is 53.1 Å². The molecule has 2 aromatic rings. The van der Waals surface area contributed by atoms with Crippen molar-refractivity contribution in [3.8, 4) is 5.75 Å². The Balaban J connectivity index is 1.93. The molecule has 0 aromatic heterocycles. The van der Waals surface area contributed by atoms with Crippen molar-refractivity contribution < 1.29 is 22.7 Å². The van der Waals surface area contributed by atoms with Crippen molar-refractivity contribution in [2.45, 2.75) is 30.9 Å². The zero-order valence-corrected chi connectivity index (χ0v) is 20.7. The van der Waals surface area contributed by atoms with Crippen LogP contribution < -0.4 is 14.8 Å². The van der Waals surface area contributed by atoms with Crippen LogP contribution in [0.2, 0.25) is 5.02 Å². The minimum absolute atomic E-state index is 0.00791. The van der Waals surface area contributed by atoms with Gasteiger partial charge in [0, 0.05) is 39.4 Å². The number of benzene rings is 2. The first-order valence-electron chi connectivity index (χ1n) is 10.7. The van der Waals surface area contributed by atoms with E-state index in [1.807, 2.05) is 6.92 Å². The summed E-state index contributed by atoms with van der Waals surface area (Å²) in [6.07, 6.45) is -0.135. The number of ether oxygens (including phenoxy) is 2. The smallest absolute Gasteiger partial charge is 0.263 e. The monoisotopic (exact) mass is 495 g/mol. The lowest BCUT2D eigenvalue weighted by Crippen LogP contribution is -2.44. The number of anilines is 1. The first-order chi connectivity index (χ1) is 15.6. The number of amides is 1. The number of methoxy groups -OCH3 is 1. The first-order valence-corrected chi connectivity index (χ1v) is 12.5. The molecule has 3 atom stereocenters. The summed E-state index contributed by atoms with van der Waals surface area (Å²) >= 11 is 6.07. The standard InChI is InChI=1S/C23H30ClN3O5S/c1-15-12-25-16(2)14-32-20-11-17(26-33(29,30)22-8-6-5-7-19(22)24)9-10-18(20)23(28)27(3)13-21(15)31-4/h5-11,15-16,21,25-26H,12-14H2,1-4H3/t15-,16-,21+/m1/s1. The molecule has 0 unspecified atom stereocenters. The summed E-state index contributed by atoms with van der Waals surface area (Å²) in [5.41, 5.74) is 0.605. The Kier molecular flexibility index (Phi) is 8.23. The summed E-state index contributed by atoms with van der Waals surface area (Å²) in [6, 6.07) is 10.8. The molecule has 0 aliphatic carbocycles. The number of fused-ring (bicyclic) bond motifs is 1. The van der Waals surface area contributed by atoms with Gasteiger partial charge in [-0.2, -0.15) is 0 Å². The van der Waals surface area contributed by atoms with Gasteiger partial charge in [0.25, 0.3) is 15.9 Å². The van der Waals surface area contributed by atoms with Crippen molar-refractivity contribution in [2.75, 3.05) is 38.6 Å². The molecule has 33 heavy (non-hydrogen) atoms. The van der Waals surface area contributed by atoms with E-state index in [0.717, 1.165) is 0 Å². The predicted molar refractivity (Wildman–Crippen MR) is 129 cm³/mol. The number of nitrogens with one attached hydrogen (secondary N) is 2. The topological polar surface area (TPSA) is 97.0 Å². The summed E-state index contributed by atoms with van der Waals surface area (Å²) in [7, 11) is -0.573. The number of hydrogen-bond donors (Lipinski definition) is 2. The average molecular weight is 496 g/mol. The SMILES string of the molecule is CO[C@H]1CN(C)C(=O)c2ccc(NS(=O)(=O)c3ccccc3Cl)cc2OC[C@@H](C)NC[C@H]1C. The molecule has 0 spiro atoms. The molecule has 10 heteroatoms. The van der Waals surface area contributed by atoms with Crippen LogP contribution in [0, 0.1) is 5.92 Å². The Morgan fingerprint density at radius 1 is 1.21 bits per heavy atom. The van der Waals surface area contributed by atoms with Gasteiger partial charge in [0.05, 0.1) is 22.4 Å². The number of sulfonamides is 1. The Labute approximate surface area is 200 Å². The zero-order chi connectivity index (χ0) is 24.2. The summed E-state index contributed by atoms with van der Waals surface area (Å²) in [5.74, 6) is 0.247. The van der Waals surface area contributed by atoms with E-state index in [-0.39, 0.29) is 39.6 Å². The number of halogens is 1. The van der Waals surface area contributed by atoms with Crippen LogP contribution in [0.25, 0.3) is 0 Å². The zero-order valence-electron chi connectivity index (χ0n) is 19.2. The predicted octanol–water partition coefficient (Wildman–Crippen LogP) is 3.23. The van der Waals surface area contributed by atoms with Gasteiger partial charge < -0.3 is 19.7 Å². The number of rotatable bonds is 4. The molecule has 0 fully saturated rings. The number of carbonyl (C=O) groups is 1. The molecule has 8 nitrogen and oxygen atoms in total. The van der Waals surface area contributed by atoms with E-state index < -0.39 is 10.0 Å². The van der Waals surface area contributed by atoms with Crippen LogP contribution in [-0.4, -0.2) is 65.2 Å². The van der Waals surface area contributed by atoms with Crippen molar-refractivity contribution in [3.63, 3.8) is 0 Å². The quantitative estimate of drug-likeness (QED) is 0.676. The van der Waals surface area contributed by atoms with Crippen LogP contribution >= 0.6 is 11.6 Å². The lowest BCUT2D eigenvalue weighted by Gasteiger charge is -2.30. The van der Waals surface area contributed by atoms with Gasteiger partial charge in [-0.1, -0.05) is 30.7 Å². The Morgan fingerprint density at radius 2 is 1.94 bits per heavy atom. The molecule has 2 aromatic carbocycles. The highest BCUT2D eigenvalue weighted by molar-refractivity contribution is 7.92. The molecule has 1 aliphatic rings. The third-order valence-electron chi connectivity index (χ3n) is 5.61. The first kappa shape index (κ1) is 25.3. The van der Waals surface area contributed by atoms with E-state index in [1.165, 1.54) is 24.3 Å². The van der Waals surface area contributed by atoms with Crippen LogP contribution in [0.3, 0.4) is 0 Å². The minimum atomic E-state index is -3.92. The highest BCUT2D eigenvalue weighted by Gasteiger charge is 2.26. The number of carbonyl (C=O) groups excluding carboxylic acids is 1. The molecule has 0 bridgehead atoms. The van der Waals surface area contributed by atoms with Crippen molar-refractivity contribution in [1.29, 1.82) is 0 Å². The van der Waals surface area contributed by atoms with Crippen molar-refractivity contribution in [2.24, 2.45) is 5.92 Å². The second kappa shape index (κ2) is 10.7. The average Bonchev–Trinajstić information content (AvgIpc) is 2.78. The van der Waals surface area contributed by atoms with Gasteiger partial charge in [-0.3, -0.25) is 9.52 Å². The van der Waals surface area contributed by atoms with Gasteiger partial charge in [-0.05, 0) is 37.1 Å². The largest absolute Gasteiger partial charge is 0.491 e. The van der Waals surface area contributed by atoms with E-state index in [9.17, 15) is 13.2 Å². The van der Waals surface area contributed by atoms with E-state index in [1.54, 1.807) is 37.3 Å². The molecule has 1 amide bonds. The maximum absolute atomic E-state index is 13.2. The Morgan fingerprint density at radius 3 is 2.64 bits per heavy atom. The van der Waals surface area contributed by atoms with Crippen molar-refractivity contribution >= 4 is 33.2 Å². The molecule has 0 saturated carbocycles. The number of hydrogen-bond acceptors (Lipinski definition) is 6. The van der Waals surface area contributed by atoms with Gasteiger partial charge in [-0.25, -0.2) is 8.42 Å². The van der Waals surface area contributed by atoms with Gasteiger partial charge in [0.2, 0.25) is 0 Å². The highest BCUT2D eigenvalue weighted by Crippen LogP contribution is 2.29. The number of nitrogens with zero attached hydrogens (tertiary/aromatic N) is 1. The minimum Gasteiger partial charge on any atom is -0.491 e. The molecule has 0 saturated heterocycles. The van der Waals surface area contributed by atoms with Crippen LogP contribution in [0.1, 0.15) is 24.2 Å². The molecule has 2 N–H and O–H groups in total. The molecule has 1 heterocycles. The fourth-order valence-electron chi connectivity index (χ4n) is 3.59. The Bertz CT molecular complexity index is 1100. The highest BCUT2D eigenvalue weighted by atomic mass is 35.5. The molecule has 0 radical (unpaired) electrons. The van der Waals surface area contributed by atoms with Gasteiger partial charge >= 0.3 is 0 Å². The lowest BCUT2D eigenvalue weighted by molar-refractivity contribution is 0.0281. The van der Waals surface area contributed by atoms with E-state index in [2.05, 4.69) is 17.0 Å². The molecular formula is C23H30ClN3O5S.